The smallest absolute Gasteiger partial charge is 0.460 e. The van der Waals surface area contributed by atoms with E-state index in [0.29, 0.717) is 0 Å². The number of amides is 1. The Labute approximate surface area is 168 Å². The normalized spacial score (nSPS) is 15.5. The van der Waals surface area contributed by atoms with Gasteiger partial charge in [0.05, 0.1) is 0 Å². The molecule has 33 heavy (non-hydrogen) atoms. The van der Waals surface area contributed by atoms with Crippen LogP contribution in [0.5, 0.6) is 0 Å². The van der Waals surface area contributed by atoms with Crippen molar-refractivity contribution in [2.24, 2.45) is 0 Å². The lowest BCUT2D eigenvalue weighted by atomic mass is 9.88. The number of carbonyl (C=O) groups is 2. The van der Waals surface area contributed by atoms with Gasteiger partial charge in [-0.3, -0.25) is 9.59 Å². The van der Waals surface area contributed by atoms with Crippen LogP contribution in [0.1, 0.15) is 0 Å². The molecular formula is C12H6F17NO3. The fraction of sp³-hybridized carbons (Fsp3) is 0.833. The third-order valence-electron chi connectivity index (χ3n) is 3.71. The van der Waals surface area contributed by atoms with E-state index in [1.165, 1.54) is 0 Å². The Morgan fingerprint density at radius 2 is 0.848 bits per heavy atom. The van der Waals surface area contributed by atoms with E-state index in [1.807, 2.05) is 0 Å². The topological polar surface area (TPSA) is 57.6 Å². The van der Waals surface area contributed by atoms with Crippen LogP contribution in [0.3, 0.4) is 0 Å². The molecular weight excluding hydrogens is 529 g/mol. The van der Waals surface area contributed by atoms with Crippen molar-refractivity contribution in [2.75, 3.05) is 13.6 Å². The summed E-state index contributed by atoms with van der Waals surface area (Å²) >= 11 is 0. The molecule has 0 spiro atoms. The number of hydrogen-bond donors (Lipinski definition) is 1. The molecule has 0 saturated carbocycles. The number of nitrogens with zero attached hydrogens (tertiary/aromatic N) is 1. The number of alkyl halides is 17. The number of rotatable bonds is 9. The van der Waals surface area contributed by atoms with E-state index in [9.17, 15) is 84.2 Å². The standard InChI is InChI=1S/C12H6F17NO3/c1-30(2-3(31)32)4(33)5(13,14)6(15,16)7(17,18)8(19,20)9(21,22)10(23,24)11(25,26)12(27,28)29/h2H2,1H3,(H,31,32). The summed E-state index contributed by atoms with van der Waals surface area (Å²) in [5.74, 6) is -64.8. The molecule has 0 saturated heterocycles. The molecule has 0 heterocycles. The Morgan fingerprint density at radius 1 is 0.576 bits per heavy atom. The monoisotopic (exact) mass is 535 g/mol. The average molecular weight is 535 g/mol. The quantitative estimate of drug-likeness (QED) is 0.442. The minimum atomic E-state index is -8.81. The maximum atomic E-state index is 13.5. The highest BCUT2D eigenvalue weighted by Crippen LogP contribution is 2.64. The molecule has 1 amide bonds. The summed E-state index contributed by atoms with van der Waals surface area (Å²) in [6.07, 6.45) is -7.87. The number of carboxylic acid groups (broad SMARTS) is 1. The second kappa shape index (κ2) is 7.91. The summed E-state index contributed by atoms with van der Waals surface area (Å²) in [4.78, 5) is 20.3. The molecule has 0 aromatic heterocycles. The zero-order chi connectivity index (χ0) is 27.4. The van der Waals surface area contributed by atoms with Gasteiger partial charge in [-0.1, -0.05) is 0 Å². The molecule has 21 heteroatoms. The number of carboxylic acids is 1. The Balaban J connectivity index is 6.76. The predicted octanol–water partition coefficient (Wildman–Crippen LogP) is 4.54. The van der Waals surface area contributed by atoms with Gasteiger partial charge in [0.2, 0.25) is 0 Å². The molecule has 0 aromatic rings. The van der Waals surface area contributed by atoms with Crippen molar-refractivity contribution < 1.29 is 89.3 Å². The zero-order valence-corrected chi connectivity index (χ0v) is 14.8. The lowest BCUT2D eigenvalue weighted by Gasteiger charge is -2.42. The van der Waals surface area contributed by atoms with E-state index in [1.54, 1.807) is 0 Å². The molecule has 1 N–H and O–H groups in total. The molecule has 0 aromatic carbocycles. The number of likely N-dealkylation sites (N-methyl/N-ethyl adjacent to an activating group) is 1. The van der Waals surface area contributed by atoms with Crippen molar-refractivity contribution in [2.45, 2.75) is 47.6 Å². The second-order valence-corrected chi connectivity index (χ2v) is 6.07. The molecule has 0 fully saturated rings. The van der Waals surface area contributed by atoms with E-state index < -0.39 is 71.0 Å². The first-order chi connectivity index (χ1) is 14.0. The molecule has 0 atom stereocenters. The molecule has 196 valence electrons. The van der Waals surface area contributed by atoms with Crippen molar-refractivity contribution >= 4 is 11.9 Å². The summed E-state index contributed by atoms with van der Waals surface area (Å²) in [6.45, 7) is -2.03. The van der Waals surface area contributed by atoms with E-state index in [4.69, 9.17) is 5.11 Å². The number of halogens is 17. The van der Waals surface area contributed by atoms with E-state index in [2.05, 4.69) is 0 Å². The second-order valence-electron chi connectivity index (χ2n) is 6.07. The van der Waals surface area contributed by atoms with Gasteiger partial charge in [0.25, 0.3) is 5.91 Å². The molecule has 4 nitrogen and oxygen atoms in total. The van der Waals surface area contributed by atoms with Crippen LogP contribution in [0.2, 0.25) is 0 Å². The van der Waals surface area contributed by atoms with Gasteiger partial charge in [-0.05, 0) is 0 Å². The zero-order valence-electron chi connectivity index (χ0n) is 14.8. The van der Waals surface area contributed by atoms with Gasteiger partial charge in [-0.25, -0.2) is 0 Å². The van der Waals surface area contributed by atoms with E-state index in [0.717, 1.165) is 0 Å². The minimum Gasteiger partial charge on any atom is -0.480 e. The Morgan fingerprint density at radius 3 is 1.12 bits per heavy atom. The van der Waals surface area contributed by atoms with Crippen LogP contribution in [-0.2, 0) is 9.59 Å². The van der Waals surface area contributed by atoms with Crippen molar-refractivity contribution in [1.29, 1.82) is 0 Å². The molecule has 0 unspecified atom stereocenters. The largest absolute Gasteiger partial charge is 0.480 e. The average Bonchev–Trinajstić information content (AvgIpc) is 2.58. The van der Waals surface area contributed by atoms with Crippen LogP contribution < -0.4 is 0 Å². The summed E-state index contributed by atoms with van der Waals surface area (Å²) in [7, 11) is -0.149. The van der Waals surface area contributed by atoms with Gasteiger partial charge in [0.15, 0.2) is 0 Å². The molecule has 0 aliphatic heterocycles. The predicted molar refractivity (Wildman–Crippen MR) is 66.0 cm³/mol. The molecule has 0 rings (SSSR count). The fourth-order valence-electron chi connectivity index (χ4n) is 1.81. The van der Waals surface area contributed by atoms with Crippen molar-refractivity contribution in [3.05, 3.63) is 0 Å². The van der Waals surface area contributed by atoms with E-state index in [-0.39, 0.29) is 7.05 Å². The van der Waals surface area contributed by atoms with Crippen LogP contribution in [0.25, 0.3) is 0 Å². The van der Waals surface area contributed by atoms with Gasteiger partial charge in [0.1, 0.15) is 6.54 Å². The fourth-order valence-corrected chi connectivity index (χ4v) is 1.81. The minimum absolute atomic E-state index is 0.149. The maximum Gasteiger partial charge on any atom is 0.460 e. The summed E-state index contributed by atoms with van der Waals surface area (Å²) in [5, 5.41) is 8.19. The van der Waals surface area contributed by atoms with Crippen LogP contribution in [-0.4, -0.2) is 83.1 Å². The molecule has 0 radical (unpaired) electrons. The Bertz CT molecular complexity index is 772. The van der Waals surface area contributed by atoms with Crippen molar-refractivity contribution in [3.63, 3.8) is 0 Å². The number of aliphatic carboxylic acids is 1. The SMILES string of the molecule is CN(CC(=O)O)C(=O)C(F)(F)C(F)(F)C(F)(F)C(F)(F)C(F)(F)C(F)(F)C(F)(F)C(F)(F)F. The summed E-state index contributed by atoms with van der Waals surface area (Å²) < 4.78 is 221. The van der Waals surface area contributed by atoms with Crippen LogP contribution in [0, 0.1) is 0 Å². The lowest BCUT2D eigenvalue weighted by Crippen LogP contribution is -2.75. The highest BCUT2D eigenvalue weighted by molar-refractivity contribution is 5.87. The van der Waals surface area contributed by atoms with Gasteiger partial charge >= 0.3 is 53.6 Å². The van der Waals surface area contributed by atoms with Gasteiger partial charge in [-0.15, -0.1) is 0 Å². The van der Waals surface area contributed by atoms with E-state index >= 15 is 0 Å². The highest BCUT2D eigenvalue weighted by Gasteiger charge is 2.95. The van der Waals surface area contributed by atoms with Gasteiger partial charge in [0, 0.05) is 7.05 Å². The van der Waals surface area contributed by atoms with Crippen molar-refractivity contribution in [1.82, 2.24) is 4.90 Å². The van der Waals surface area contributed by atoms with Crippen molar-refractivity contribution in [3.8, 4) is 0 Å². The van der Waals surface area contributed by atoms with Gasteiger partial charge in [-0.2, -0.15) is 74.6 Å². The molecule has 0 aliphatic rings. The first kappa shape index (κ1) is 30.8. The van der Waals surface area contributed by atoms with Crippen LogP contribution in [0.15, 0.2) is 0 Å². The number of hydrogen-bond acceptors (Lipinski definition) is 2. The first-order valence-corrected chi connectivity index (χ1v) is 7.19. The maximum absolute atomic E-state index is 13.5. The third kappa shape index (κ3) is 4.10. The van der Waals surface area contributed by atoms with Crippen LogP contribution >= 0.6 is 0 Å². The molecule has 0 aliphatic carbocycles. The number of carbonyl (C=O) groups excluding carboxylic acids is 1. The highest BCUT2D eigenvalue weighted by atomic mass is 19.4. The van der Waals surface area contributed by atoms with Gasteiger partial charge < -0.3 is 10.0 Å². The lowest BCUT2D eigenvalue weighted by molar-refractivity contribution is -0.459. The Hall–Kier alpha value is -2.25. The van der Waals surface area contributed by atoms with Crippen LogP contribution in [0.4, 0.5) is 74.6 Å². The summed E-state index contributed by atoms with van der Waals surface area (Å²) in [5.41, 5.74) is 0. The molecule has 0 bridgehead atoms. The first-order valence-electron chi connectivity index (χ1n) is 7.19. The third-order valence-corrected chi connectivity index (χ3v) is 3.71. The Kier molecular flexibility index (Phi) is 7.37. The summed E-state index contributed by atoms with van der Waals surface area (Å²) in [6, 6.07) is 0.